The van der Waals surface area contributed by atoms with E-state index in [0.29, 0.717) is 31.2 Å². The van der Waals surface area contributed by atoms with E-state index in [0.717, 1.165) is 32.1 Å². The van der Waals surface area contributed by atoms with E-state index in [-0.39, 0.29) is 11.9 Å². The van der Waals surface area contributed by atoms with Gasteiger partial charge in [0.2, 0.25) is 5.91 Å². The molecular formula is C22H26F3N3O2. The highest BCUT2D eigenvalue weighted by Gasteiger charge is 2.68. The van der Waals surface area contributed by atoms with E-state index in [9.17, 15) is 22.8 Å². The number of hydrogen-bond donors (Lipinski definition) is 1. The summed E-state index contributed by atoms with van der Waals surface area (Å²) in [6.07, 6.45) is 1.57. The van der Waals surface area contributed by atoms with Gasteiger partial charge in [-0.05, 0) is 25.7 Å². The SMILES string of the molecule is O=C(N[C@]1(C(F)(F)F)N=C(c2ccccc2)N(C2CCCC2)C1=O)C1CCCCC1. The molecule has 3 aliphatic rings. The maximum Gasteiger partial charge on any atom is 0.442 e. The van der Waals surface area contributed by atoms with Crippen LogP contribution in [0.5, 0.6) is 0 Å². The van der Waals surface area contributed by atoms with Gasteiger partial charge in [-0.1, -0.05) is 62.4 Å². The number of alkyl halides is 3. The number of amides is 2. The molecule has 0 aromatic heterocycles. The number of hydrogen-bond acceptors (Lipinski definition) is 3. The Balaban J connectivity index is 1.75. The number of carbonyl (C=O) groups excluding carboxylic acids is 2. The maximum atomic E-state index is 14.4. The molecule has 2 amide bonds. The Morgan fingerprint density at radius 3 is 2.20 bits per heavy atom. The largest absolute Gasteiger partial charge is 0.442 e. The third-order valence-corrected chi connectivity index (χ3v) is 6.44. The second kappa shape index (κ2) is 8.04. The van der Waals surface area contributed by atoms with Crippen molar-refractivity contribution in [2.75, 3.05) is 0 Å². The van der Waals surface area contributed by atoms with E-state index in [2.05, 4.69) is 10.3 Å². The summed E-state index contributed by atoms with van der Waals surface area (Å²) in [5.41, 5.74) is -2.81. The summed E-state index contributed by atoms with van der Waals surface area (Å²) in [4.78, 5) is 31.2. The molecule has 0 bridgehead atoms. The zero-order valence-corrected chi connectivity index (χ0v) is 16.8. The zero-order valence-electron chi connectivity index (χ0n) is 16.8. The van der Waals surface area contributed by atoms with Crippen LogP contribution in [-0.4, -0.2) is 40.4 Å². The summed E-state index contributed by atoms with van der Waals surface area (Å²) >= 11 is 0. The highest BCUT2D eigenvalue weighted by Crippen LogP contribution is 2.41. The molecule has 1 N–H and O–H groups in total. The standard InChI is InChI=1S/C22H26F3N3O2/c23-22(24,25)21(27-19(29)16-11-5-2-6-12-16)20(30)28(17-13-7-8-14-17)18(26-21)15-9-3-1-4-10-15/h1,3-4,9-10,16-17H,2,5-8,11-14H2,(H,27,29)/t21-/m1/s1. The monoisotopic (exact) mass is 421 g/mol. The summed E-state index contributed by atoms with van der Waals surface area (Å²) in [6.45, 7) is 0. The average molecular weight is 421 g/mol. The van der Waals surface area contributed by atoms with Crippen LogP contribution < -0.4 is 5.32 Å². The van der Waals surface area contributed by atoms with Gasteiger partial charge >= 0.3 is 11.8 Å². The van der Waals surface area contributed by atoms with Gasteiger partial charge in [0, 0.05) is 17.5 Å². The Morgan fingerprint density at radius 2 is 1.60 bits per heavy atom. The minimum Gasteiger partial charge on any atom is -0.316 e. The molecule has 2 saturated carbocycles. The van der Waals surface area contributed by atoms with Gasteiger partial charge in [-0.25, -0.2) is 4.99 Å². The van der Waals surface area contributed by atoms with Crippen molar-refractivity contribution in [2.45, 2.75) is 75.7 Å². The predicted molar refractivity (Wildman–Crippen MR) is 106 cm³/mol. The lowest BCUT2D eigenvalue weighted by Gasteiger charge is -2.33. The van der Waals surface area contributed by atoms with Gasteiger partial charge in [-0.15, -0.1) is 0 Å². The average Bonchev–Trinajstić information content (AvgIpc) is 3.36. The van der Waals surface area contributed by atoms with Gasteiger partial charge in [-0.2, -0.15) is 13.2 Å². The second-order valence-electron chi connectivity index (χ2n) is 8.45. The number of halogens is 3. The quantitative estimate of drug-likeness (QED) is 0.793. The predicted octanol–water partition coefficient (Wildman–Crippen LogP) is 4.17. The zero-order chi connectivity index (χ0) is 21.4. The van der Waals surface area contributed by atoms with Gasteiger partial charge in [0.15, 0.2) is 0 Å². The number of benzene rings is 1. The van der Waals surface area contributed by atoms with Crippen LogP contribution in [0.15, 0.2) is 35.3 Å². The summed E-state index contributed by atoms with van der Waals surface area (Å²) in [7, 11) is 0. The molecule has 30 heavy (non-hydrogen) atoms. The van der Waals surface area contributed by atoms with E-state index < -0.39 is 29.6 Å². The fourth-order valence-corrected chi connectivity index (χ4v) is 4.81. The normalized spacial score (nSPS) is 26.2. The third kappa shape index (κ3) is 3.61. The van der Waals surface area contributed by atoms with Crippen molar-refractivity contribution in [2.24, 2.45) is 10.9 Å². The van der Waals surface area contributed by atoms with Crippen molar-refractivity contribution in [1.82, 2.24) is 10.2 Å². The van der Waals surface area contributed by atoms with Crippen LogP contribution in [0, 0.1) is 5.92 Å². The highest BCUT2D eigenvalue weighted by molar-refractivity contribution is 6.16. The Kier molecular flexibility index (Phi) is 5.59. The lowest BCUT2D eigenvalue weighted by Crippen LogP contribution is -2.65. The molecule has 2 fully saturated rings. The first-order valence-electron chi connectivity index (χ1n) is 10.7. The molecular weight excluding hydrogens is 395 g/mol. The van der Waals surface area contributed by atoms with Gasteiger partial charge < -0.3 is 5.32 Å². The van der Waals surface area contributed by atoms with Crippen molar-refractivity contribution in [3.63, 3.8) is 0 Å². The highest BCUT2D eigenvalue weighted by atomic mass is 19.4. The maximum absolute atomic E-state index is 14.4. The molecule has 1 aliphatic heterocycles. The van der Waals surface area contributed by atoms with E-state index in [1.807, 2.05) is 0 Å². The topological polar surface area (TPSA) is 61.8 Å². The summed E-state index contributed by atoms with van der Waals surface area (Å²) in [5, 5.41) is 2.06. The molecule has 0 spiro atoms. The van der Waals surface area contributed by atoms with E-state index in [1.165, 1.54) is 4.90 Å². The van der Waals surface area contributed by atoms with E-state index in [1.54, 1.807) is 30.3 Å². The molecule has 0 saturated heterocycles. The minimum atomic E-state index is -5.04. The molecule has 0 unspecified atom stereocenters. The molecule has 4 rings (SSSR count). The van der Waals surface area contributed by atoms with Crippen LogP contribution in [0.3, 0.4) is 0 Å². The molecule has 5 nitrogen and oxygen atoms in total. The Morgan fingerprint density at radius 1 is 1.00 bits per heavy atom. The second-order valence-corrected chi connectivity index (χ2v) is 8.45. The van der Waals surface area contributed by atoms with Crippen molar-refractivity contribution in [1.29, 1.82) is 0 Å². The molecule has 2 aliphatic carbocycles. The van der Waals surface area contributed by atoms with Crippen LogP contribution in [0.4, 0.5) is 13.2 Å². The fourth-order valence-electron chi connectivity index (χ4n) is 4.81. The van der Waals surface area contributed by atoms with Crippen molar-refractivity contribution in [3.8, 4) is 0 Å². The van der Waals surface area contributed by atoms with Gasteiger partial charge in [0.05, 0.1) is 0 Å². The van der Waals surface area contributed by atoms with Crippen LogP contribution in [-0.2, 0) is 9.59 Å². The molecule has 162 valence electrons. The Bertz CT molecular complexity index is 828. The minimum absolute atomic E-state index is 0.00577. The van der Waals surface area contributed by atoms with Crippen molar-refractivity contribution >= 4 is 17.6 Å². The first-order chi connectivity index (χ1) is 14.3. The van der Waals surface area contributed by atoms with E-state index >= 15 is 0 Å². The molecule has 1 aromatic carbocycles. The van der Waals surface area contributed by atoms with Gasteiger partial charge in [0.1, 0.15) is 5.84 Å². The lowest BCUT2D eigenvalue weighted by atomic mass is 9.88. The van der Waals surface area contributed by atoms with Crippen molar-refractivity contribution < 1.29 is 22.8 Å². The van der Waals surface area contributed by atoms with Crippen LogP contribution in [0.25, 0.3) is 0 Å². The molecule has 8 heteroatoms. The number of aliphatic imine (C=N–C) groups is 1. The van der Waals surface area contributed by atoms with Gasteiger partial charge in [0.25, 0.3) is 5.91 Å². The first kappa shape index (κ1) is 20.9. The van der Waals surface area contributed by atoms with Crippen LogP contribution >= 0.6 is 0 Å². The number of nitrogens with zero attached hydrogens (tertiary/aromatic N) is 2. The third-order valence-electron chi connectivity index (χ3n) is 6.44. The fraction of sp³-hybridized carbons (Fsp3) is 0.591. The van der Waals surface area contributed by atoms with Crippen LogP contribution in [0.1, 0.15) is 63.4 Å². The van der Waals surface area contributed by atoms with Crippen molar-refractivity contribution in [3.05, 3.63) is 35.9 Å². The first-order valence-corrected chi connectivity index (χ1v) is 10.7. The molecule has 1 aromatic rings. The summed E-state index contributed by atoms with van der Waals surface area (Å²) < 4.78 is 43.1. The summed E-state index contributed by atoms with van der Waals surface area (Å²) in [5.74, 6) is -2.44. The number of amidine groups is 1. The molecule has 1 heterocycles. The Labute approximate surface area is 173 Å². The number of rotatable bonds is 4. The van der Waals surface area contributed by atoms with E-state index in [4.69, 9.17) is 0 Å². The lowest BCUT2D eigenvalue weighted by molar-refractivity contribution is -0.201. The molecule has 1 atom stereocenters. The summed E-state index contributed by atoms with van der Waals surface area (Å²) in [6, 6.07) is 8.09. The van der Waals surface area contributed by atoms with Crippen LogP contribution in [0.2, 0.25) is 0 Å². The smallest absolute Gasteiger partial charge is 0.316 e. The number of nitrogens with one attached hydrogen (secondary N) is 1. The van der Waals surface area contributed by atoms with Gasteiger partial charge in [-0.3, -0.25) is 14.5 Å². The molecule has 0 radical (unpaired) electrons. The number of carbonyl (C=O) groups is 2. The Hall–Kier alpha value is -2.38.